The van der Waals surface area contributed by atoms with E-state index in [2.05, 4.69) is 0 Å². The minimum atomic E-state index is -0.707. The molecule has 0 bridgehead atoms. The lowest BCUT2D eigenvalue weighted by Gasteiger charge is -2.35. The maximum atomic E-state index is 9.51. The topological polar surface area (TPSA) is 57.2 Å². The molecule has 0 aromatic carbocycles. The van der Waals surface area contributed by atoms with E-state index in [0.29, 0.717) is 0 Å². The Hall–Kier alpha value is -0.200. The first-order valence-electron chi connectivity index (χ1n) is 4.19. The Morgan fingerprint density at radius 1 is 1.38 bits per heavy atom. The summed E-state index contributed by atoms with van der Waals surface area (Å²) in [5.41, 5.74) is 0. The highest BCUT2D eigenvalue weighted by atomic mass is 16.7. The Morgan fingerprint density at radius 3 is 2.54 bits per heavy atom. The zero-order chi connectivity index (χ0) is 9.84. The molecule has 0 aromatic rings. The first-order valence-corrected chi connectivity index (χ1v) is 4.19. The molecule has 1 aliphatic heterocycles. The smallest absolute Gasteiger partial charge is 0.185 e. The van der Waals surface area contributed by atoms with E-state index in [1.165, 1.54) is 14.2 Å². The molecule has 5 heteroatoms. The van der Waals surface area contributed by atoms with Gasteiger partial charge in [-0.2, -0.15) is 0 Å². The molecule has 0 radical (unpaired) electrons. The van der Waals surface area contributed by atoms with E-state index < -0.39 is 18.5 Å². The first-order chi connectivity index (χ1) is 6.19. The number of rotatable bonds is 3. The molecule has 0 spiro atoms. The molecule has 5 nitrogen and oxygen atoms in total. The van der Waals surface area contributed by atoms with Crippen molar-refractivity contribution >= 4 is 0 Å². The number of methoxy groups -OCH3 is 2. The van der Waals surface area contributed by atoms with E-state index >= 15 is 0 Å². The molecule has 3 atom stereocenters. The molecule has 0 amide bonds. The first kappa shape index (κ1) is 10.9. The highest BCUT2D eigenvalue weighted by Crippen LogP contribution is 2.17. The van der Waals surface area contributed by atoms with Crippen LogP contribution in [0, 0.1) is 0 Å². The van der Waals surface area contributed by atoms with Gasteiger partial charge < -0.3 is 24.1 Å². The van der Waals surface area contributed by atoms with Crippen LogP contribution in [0.1, 0.15) is 6.92 Å². The third-order valence-corrected chi connectivity index (χ3v) is 1.96. The van der Waals surface area contributed by atoms with Crippen LogP contribution in [0.15, 0.2) is 0 Å². The average Bonchev–Trinajstić information content (AvgIpc) is 2.13. The van der Waals surface area contributed by atoms with Crippen LogP contribution in [0.4, 0.5) is 0 Å². The van der Waals surface area contributed by atoms with E-state index in [4.69, 9.17) is 18.9 Å². The summed E-state index contributed by atoms with van der Waals surface area (Å²) in [4.78, 5) is 0. The molecule has 0 aliphatic carbocycles. The van der Waals surface area contributed by atoms with E-state index in [0.717, 1.165) is 0 Å². The molecule has 1 fully saturated rings. The van der Waals surface area contributed by atoms with Gasteiger partial charge in [-0.05, 0) is 6.92 Å². The second-order valence-corrected chi connectivity index (χ2v) is 2.91. The van der Waals surface area contributed by atoms with Gasteiger partial charge >= 0.3 is 0 Å². The molecule has 1 unspecified atom stereocenters. The minimum Gasteiger partial charge on any atom is -0.388 e. The molecular weight excluding hydrogens is 176 g/mol. The number of ether oxygens (including phenoxy) is 4. The fraction of sp³-hybridized carbons (Fsp3) is 1.00. The van der Waals surface area contributed by atoms with Gasteiger partial charge in [0, 0.05) is 14.2 Å². The van der Waals surface area contributed by atoms with Gasteiger partial charge in [0.05, 0.1) is 6.61 Å². The van der Waals surface area contributed by atoms with Gasteiger partial charge in [0.25, 0.3) is 0 Å². The van der Waals surface area contributed by atoms with Crippen molar-refractivity contribution in [3.05, 3.63) is 0 Å². The van der Waals surface area contributed by atoms with Gasteiger partial charge in [0.2, 0.25) is 0 Å². The van der Waals surface area contributed by atoms with Gasteiger partial charge in [-0.15, -0.1) is 0 Å². The summed E-state index contributed by atoms with van der Waals surface area (Å²) < 4.78 is 20.4. The highest BCUT2D eigenvalue weighted by molar-refractivity contribution is 4.75. The van der Waals surface area contributed by atoms with Gasteiger partial charge in [-0.25, -0.2) is 0 Å². The lowest BCUT2D eigenvalue weighted by atomic mass is 10.2. The van der Waals surface area contributed by atoms with Gasteiger partial charge in [0.1, 0.15) is 12.2 Å². The predicted molar refractivity (Wildman–Crippen MR) is 44.1 cm³/mol. The molecule has 13 heavy (non-hydrogen) atoms. The van der Waals surface area contributed by atoms with Crippen molar-refractivity contribution in [3.8, 4) is 0 Å². The molecule has 0 aromatic heterocycles. The Morgan fingerprint density at radius 2 is 2.00 bits per heavy atom. The number of aliphatic hydroxyl groups excluding tert-OH is 1. The second-order valence-electron chi connectivity index (χ2n) is 2.91. The maximum absolute atomic E-state index is 9.51. The molecule has 1 aliphatic rings. The molecule has 78 valence electrons. The Bertz CT molecular complexity index is 147. The number of aliphatic hydroxyl groups is 1. The largest absolute Gasteiger partial charge is 0.388 e. The zero-order valence-corrected chi connectivity index (χ0v) is 8.10. The monoisotopic (exact) mass is 192 g/mol. The molecule has 1 N–H and O–H groups in total. The number of hydrogen-bond acceptors (Lipinski definition) is 5. The lowest BCUT2D eigenvalue weighted by molar-refractivity contribution is -0.300. The summed E-state index contributed by atoms with van der Waals surface area (Å²) in [7, 11) is 3.01. The zero-order valence-electron chi connectivity index (χ0n) is 8.10. The van der Waals surface area contributed by atoms with E-state index in [-0.39, 0.29) is 12.9 Å². The molecule has 0 saturated carbocycles. The fourth-order valence-electron chi connectivity index (χ4n) is 1.29. The molecule has 1 rings (SSSR count). The predicted octanol–water partition coefficient (Wildman–Crippen LogP) is -0.272. The van der Waals surface area contributed by atoms with Crippen LogP contribution >= 0.6 is 0 Å². The van der Waals surface area contributed by atoms with Gasteiger partial charge in [-0.3, -0.25) is 0 Å². The van der Waals surface area contributed by atoms with Crippen LogP contribution in [-0.2, 0) is 18.9 Å². The molecule has 1 saturated heterocycles. The van der Waals surface area contributed by atoms with Crippen LogP contribution in [-0.4, -0.2) is 50.7 Å². The summed E-state index contributed by atoms with van der Waals surface area (Å²) in [6.07, 6.45) is -2.08. The van der Waals surface area contributed by atoms with Crippen molar-refractivity contribution in [1.29, 1.82) is 0 Å². The summed E-state index contributed by atoms with van der Waals surface area (Å²) in [5, 5.41) is 9.51. The summed E-state index contributed by atoms with van der Waals surface area (Å²) in [6, 6.07) is 0. The second kappa shape index (κ2) is 4.88. The minimum absolute atomic E-state index is 0.245. The summed E-state index contributed by atoms with van der Waals surface area (Å²) in [5.74, 6) is 0. The van der Waals surface area contributed by atoms with Crippen LogP contribution in [0.3, 0.4) is 0 Å². The summed E-state index contributed by atoms with van der Waals surface area (Å²) in [6.45, 7) is 2.01. The van der Waals surface area contributed by atoms with Crippen LogP contribution in [0.25, 0.3) is 0 Å². The Kier molecular flexibility index (Phi) is 4.08. The van der Waals surface area contributed by atoms with Crippen LogP contribution < -0.4 is 0 Å². The Balaban J connectivity index is 2.53. The van der Waals surface area contributed by atoms with Crippen molar-refractivity contribution in [1.82, 2.24) is 0 Å². The molecule has 1 heterocycles. The van der Waals surface area contributed by atoms with E-state index in [1.54, 1.807) is 6.92 Å². The standard InChI is InChI=1S/C8H16O5/c1-5-12-4-6(9)7(13-5)8(10-2)11-3/h5-9H,4H2,1-3H3/t5?,6-,7-/m1/s1. The van der Waals surface area contributed by atoms with Crippen molar-refractivity contribution in [3.63, 3.8) is 0 Å². The van der Waals surface area contributed by atoms with Crippen molar-refractivity contribution in [2.24, 2.45) is 0 Å². The normalized spacial score (nSPS) is 35.3. The van der Waals surface area contributed by atoms with Crippen LogP contribution in [0.5, 0.6) is 0 Å². The van der Waals surface area contributed by atoms with Crippen molar-refractivity contribution in [2.75, 3.05) is 20.8 Å². The van der Waals surface area contributed by atoms with E-state index in [1.807, 2.05) is 0 Å². The average molecular weight is 192 g/mol. The highest BCUT2D eigenvalue weighted by Gasteiger charge is 2.35. The summed E-state index contributed by atoms with van der Waals surface area (Å²) >= 11 is 0. The fourth-order valence-corrected chi connectivity index (χ4v) is 1.29. The van der Waals surface area contributed by atoms with Gasteiger partial charge in [0.15, 0.2) is 12.6 Å². The Labute approximate surface area is 77.5 Å². The van der Waals surface area contributed by atoms with Crippen LogP contribution in [0.2, 0.25) is 0 Å². The number of hydrogen-bond donors (Lipinski definition) is 1. The third kappa shape index (κ3) is 2.62. The van der Waals surface area contributed by atoms with Gasteiger partial charge in [-0.1, -0.05) is 0 Å². The maximum Gasteiger partial charge on any atom is 0.185 e. The quantitative estimate of drug-likeness (QED) is 0.624. The van der Waals surface area contributed by atoms with Crippen molar-refractivity contribution in [2.45, 2.75) is 31.7 Å². The third-order valence-electron chi connectivity index (χ3n) is 1.96. The molecular formula is C8H16O5. The SMILES string of the molecule is COC(OC)[C@@H]1OC(C)OC[C@H]1O. The lowest BCUT2D eigenvalue weighted by Crippen LogP contribution is -2.50. The van der Waals surface area contributed by atoms with E-state index in [9.17, 15) is 5.11 Å². The van der Waals surface area contributed by atoms with Crippen molar-refractivity contribution < 1.29 is 24.1 Å².